The predicted octanol–water partition coefficient (Wildman–Crippen LogP) is 5.13. The van der Waals surface area contributed by atoms with Crippen molar-refractivity contribution in [2.75, 3.05) is 5.73 Å². The van der Waals surface area contributed by atoms with Gasteiger partial charge in [0.05, 0.1) is 0 Å². The first kappa shape index (κ1) is 17.7. The summed E-state index contributed by atoms with van der Waals surface area (Å²) in [6, 6.07) is 16.4. The van der Waals surface area contributed by atoms with Gasteiger partial charge in [0, 0.05) is 23.9 Å². The Hall–Kier alpha value is -3.34. The third-order valence-corrected chi connectivity index (χ3v) is 5.68. The average molecular weight is 384 g/mol. The maximum absolute atomic E-state index is 6.25. The van der Waals surface area contributed by atoms with Crippen molar-refractivity contribution in [1.29, 1.82) is 0 Å². The van der Waals surface area contributed by atoms with Crippen LogP contribution in [0, 0.1) is 6.92 Å². The van der Waals surface area contributed by atoms with Crippen molar-refractivity contribution in [3.05, 3.63) is 77.9 Å². The minimum atomic E-state index is 0.499. The smallest absolute Gasteiger partial charge is 0.150 e. The molecule has 0 unspecified atom stereocenters. The van der Waals surface area contributed by atoms with E-state index in [4.69, 9.17) is 15.5 Å². The molecule has 0 spiro atoms. The fourth-order valence-corrected chi connectivity index (χ4v) is 3.94. The number of nitrogen functional groups attached to an aromatic ring is 1. The molecule has 0 amide bonds. The van der Waals surface area contributed by atoms with Crippen LogP contribution in [0.5, 0.6) is 5.75 Å². The lowest BCUT2D eigenvalue weighted by atomic mass is 9.85. The van der Waals surface area contributed by atoms with Crippen LogP contribution in [0.15, 0.2) is 60.9 Å². The van der Waals surface area contributed by atoms with Crippen LogP contribution in [0.4, 0.5) is 5.82 Å². The van der Waals surface area contributed by atoms with Gasteiger partial charge in [0.2, 0.25) is 0 Å². The van der Waals surface area contributed by atoms with E-state index in [1.54, 1.807) is 6.20 Å². The summed E-state index contributed by atoms with van der Waals surface area (Å²) in [6.45, 7) is 2.62. The van der Waals surface area contributed by atoms with Gasteiger partial charge in [-0.3, -0.25) is 4.40 Å². The van der Waals surface area contributed by atoms with Gasteiger partial charge in [0.25, 0.3) is 0 Å². The zero-order chi connectivity index (χ0) is 19.8. The molecule has 0 atom stereocenters. The number of anilines is 1. The quantitative estimate of drug-likeness (QED) is 0.518. The van der Waals surface area contributed by atoms with Crippen LogP contribution in [-0.2, 0) is 6.61 Å². The number of aryl methyl sites for hydroxylation is 1. The number of imidazole rings is 1. The van der Waals surface area contributed by atoms with Crippen molar-refractivity contribution in [2.24, 2.45) is 0 Å². The van der Waals surface area contributed by atoms with Crippen molar-refractivity contribution >= 4 is 11.3 Å². The molecular formula is C24H24N4O. The highest BCUT2D eigenvalue weighted by Crippen LogP contribution is 2.39. The Bertz CT molecular complexity index is 1180. The van der Waals surface area contributed by atoms with Gasteiger partial charge in [-0.05, 0) is 37.5 Å². The first-order chi connectivity index (χ1) is 14.2. The number of nitrogens with two attached hydrogens (primary N) is 1. The van der Waals surface area contributed by atoms with Gasteiger partial charge >= 0.3 is 0 Å². The van der Waals surface area contributed by atoms with E-state index in [2.05, 4.69) is 46.6 Å². The first-order valence-electron chi connectivity index (χ1n) is 10.1. The minimum Gasteiger partial charge on any atom is -0.489 e. The molecule has 0 saturated heterocycles. The van der Waals surface area contributed by atoms with Crippen LogP contribution < -0.4 is 10.5 Å². The fraction of sp³-hybridized carbons (Fsp3) is 0.250. The third-order valence-electron chi connectivity index (χ3n) is 5.68. The highest BCUT2D eigenvalue weighted by molar-refractivity contribution is 5.85. The zero-order valence-electron chi connectivity index (χ0n) is 16.5. The molecule has 2 heterocycles. The Morgan fingerprint density at radius 2 is 2.00 bits per heavy atom. The van der Waals surface area contributed by atoms with Gasteiger partial charge in [-0.1, -0.05) is 48.4 Å². The molecule has 2 aromatic carbocycles. The van der Waals surface area contributed by atoms with Gasteiger partial charge < -0.3 is 10.5 Å². The van der Waals surface area contributed by atoms with Gasteiger partial charge in [-0.15, -0.1) is 0 Å². The topological polar surface area (TPSA) is 65.4 Å². The summed E-state index contributed by atoms with van der Waals surface area (Å²) >= 11 is 0. The molecule has 0 aliphatic heterocycles. The summed E-state index contributed by atoms with van der Waals surface area (Å²) in [4.78, 5) is 9.30. The molecule has 5 rings (SSSR count). The van der Waals surface area contributed by atoms with Gasteiger partial charge in [-0.25, -0.2) is 9.97 Å². The molecule has 4 aromatic rings. The largest absolute Gasteiger partial charge is 0.489 e. The summed E-state index contributed by atoms with van der Waals surface area (Å²) in [5, 5.41) is 0. The first-order valence-corrected chi connectivity index (χ1v) is 10.1. The minimum absolute atomic E-state index is 0.499. The molecule has 146 valence electrons. The number of nitrogens with zero attached hydrogens (tertiary/aromatic N) is 3. The maximum atomic E-state index is 6.25. The lowest BCUT2D eigenvalue weighted by Gasteiger charge is -2.23. The molecule has 29 heavy (non-hydrogen) atoms. The second-order valence-corrected chi connectivity index (χ2v) is 7.78. The highest BCUT2D eigenvalue weighted by Gasteiger charge is 2.26. The number of fused-ring (bicyclic) bond motifs is 1. The van der Waals surface area contributed by atoms with Crippen LogP contribution in [0.1, 0.15) is 42.1 Å². The van der Waals surface area contributed by atoms with Crippen molar-refractivity contribution in [3.8, 4) is 17.0 Å². The van der Waals surface area contributed by atoms with E-state index in [-0.39, 0.29) is 0 Å². The monoisotopic (exact) mass is 384 g/mol. The van der Waals surface area contributed by atoms with E-state index in [0.717, 1.165) is 33.9 Å². The summed E-state index contributed by atoms with van der Waals surface area (Å²) in [5.74, 6) is 2.91. The van der Waals surface area contributed by atoms with E-state index >= 15 is 0 Å². The molecule has 2 aromatic heterocycles. The number of ether oxygens (including phenoxy) is 1. The number of benzene rings is 2. The summed E-state index contributed by atoms with van der Waals surface area (Å²) < 4.78 is 8.17. The Balaban J connectivity index is 1.50. The number of hydrogen-bond acceptors (Lipinski definition) is 4. The van der Waals surface area contributed by atoms with Crippen LogP contribution in [0.25, 0.3) is 16.8 Å². The third kappa shape index (κ3) is 3.33. The number of aromatic nitrogens is 3. The van der Waals surface area contributed by atoms with Gasteiger partial charge in [0.1, 0.15) is 35.2 Å². The lowest BCUT2D eigenvalue weighted by molar-refractivity contribution is 0.306. The van der Waals surface area contributed by atoms with Crippen LogP contribution >= 0.6 is 0 Å². The Morgan fingerprint density at radius 1 is 1.14 bits per heavy atom. The highest BCUT2D eigenvalue weighted by atomic mass is 16.5. The van der Waals surface area contributed by atoms with E-state index in [9.17, 15) is 0 Å². The molecule has 1 aliphatic rings. The molecule has 1 fully saturated rings. The van der Waals surface area contributed by atoms with Crippen molar-refractivity contribution in [3.63, 3.8) is 0 Å². The molecule has 2 N–H and O–H groups in total. The van der Waals surface area contributed by atoms with Crippen LogP contribution in [0.2, 0.25) is 0 Å². The van der Waals surface area contributed by atoms with Gasteiger partial charge in [-0.2, -0.15) is 0 Å². The van der Waals surface area contributed by atoms with E-state index in [0.29, 0.717) is 18.3 Å². The second kappa shape index (κ2) is 7.24. The summed E-state index contributed by atoms with van der Waals surface area (Å²) in [7, 11) is 0. The summed E-state index contributed by atoms with van der Waals surface area (Å²) in [6.07, 6.45) is 7.34. The fourth-order valence-electron chi connectivity index (χ4n) is 3.94. The van der Waals surface area contributed by atoms with E-state index < -0.39 is 0 Å². The number of rotatable bonds is 5. The van der Waals surface area contributed by atoms with E-state index in [1.165, 1.54) is 24.8 Å². The maximum Gasteiger partial charge on any atom is 0.150 e. The molecule has 0 radical (unpaired) electrons. The molecule has 1 aliphatic carbocycles. The molecule has 5 nitrogen and oxygen atoms in total. The number of hydrogen-bond donors (Lipinski definition) is 1. The van der Waals surface area contributed by atoms with Gasteiger partial charge in [0.15, 0.2) is 0 Å². The average Bonchev–Trinajstić information content (AvgIpc) is 3.06. The van der Waals surface area contributed by atoms with Crippen LogP contribution in [0.3, 0.4) is 0 Å². The zero-order valence-corrected chi connectivity index (χ0v) is 16.5. The van der Waals surface area contributed by atoms with Crippen molar-refractivity contribution < 1.29 is 4.74 Å². The Kier molecular flexibility index (Phi) is 4.43. The van der Waals surface area contributed by atoms with Crippen molar-refractivity contribution in [1.82, 2.24) is 14.4 Å². The summed E-state index contributed by atoms with van der Waals surface area (Å²) in [5.41, 5.74) is 11.4. The van der Waals surface area contributed by atoms with E-state index in [1.807, 2.05) is 24.4 Å². The van der Waals surface area contributed by atoms with Crippen LogP contribution in [-0.4, -0.2) is 14.4 Å². The molecule has 0 bridgehead atoms. The second-order valence-electron chi connectivity index (χ2n) is 7.78. The normalized spacial score (nSPS) is 14.1. The molecular weight excluding hydrogens is 360 g/mol. The molecule has 1 saturated carbocycles. The van der Waals surface area contributed by atoms with Crippen molar-refractivity contribution in [2.45, 2.75) is 38.7 Å². The molecule has 5 heteroatoms. The Labute approximate surface area is 170 Å². The standard InChI is InChI=1S/C24H24N4O/c1-16-5-2-6-17(13-16)15-29-20-10-4-9-19(14-20)21-22-23(25)26-11-12-28(22)24(27-21)18-7-3-8-18/h2,4-6,9-14,18H,3,7-8,15H2,1H3,(H2,25,26). The Morgan fingerprint density at radius 3 is 2.79 bits per heavy atom. The predicted molar refractivity (Wildman–Crippen MR) is 115 cm³/mol. The lowest BCUT2D eigenvalue weighted by Crippen LogP contribution is -2.12. The SMILES string of the molecule is Cc1cccc(COc2cccc(-c3nc(C4CCC4)n4ccnc(N)c34)c2)c1.